The van der Waals surface area contributed by atoms with Gasteiger partial charge in [-0.05, 0) is 37.0 Å². The molecule has 0 heterocycles. The topological polar surface area (TPSA) is 293 Å². The molecule has 16 heteroatoms. The number of carboxylic acids is 2. The SMILES string of the molecule is NC(N)=NCCCC(NC(=O)C(CCC(=O)O)NC(=O)C(Cc1ccc(O)cc1)NC(=O)C(N)CO)C(=O)O. The lowest BCUT2D eigenvalue weighted by molar-refractivity contribution is -0.143. The van der Waals surface area contributed by atoms with Gasteiger partial charge in [0.15, 0.2) is 5.96 Å². The van der Waals surface area contributed by atoms with E-state index < -0.39 is 66.9 Å². The predicted molar refractivity (Wildman–Crippen MR) is 137 cm³/mol. The zero-order valence-corrected chi connectivity index (χ0v) is 21.1. The van der Waals surface area contributed by atoms with Crippen LogP contribution >= 0.6 is 0 Å². The van der Waals surface area contributed by atoms with Crippen LogP contribution < -0.4 is 33.2 Å². The number of hydrogen-bond donors (Lipinski definition) is 10. The molecule has 13 N–H and O–H groups in total. The number of nitrogens with two attached hydrogens (primary N) is 3. The number of aliphatic hydroxyl groups is 1. The lowest BCUT2D eigenvalue weighted by Gasteiger charge is -2.25. The number of aliphatic imine (C=N–C) groups is 1. The number of aliphatic hydroxyl groups excluding tert-OH is 1. The van der Waals surface area contributed by atoms with Gasteiger partial charge in [0.05, 0.1) is 6.61 Å². The number of aliphatic carboxylic acids is 2. The molecule has 39 heavy (non-hydrogen) atoms. The Kier molecular flexibility index (Phi) is 13.7. The van der Waals surface area contributed by atoms with Crippen LogP contribution in [0.3, 0.4) is 0 Å². The third-order valence-corrected chi connectivity index (χ3v) is 5.38. The molecule has 0 aliphatic heterocycles. The highest BCUT2D eigenvalue weighted by molar-refractivity contribution is 5.94. The van der Waals surface area contributed by atoms with Crippen molar-refractivity contribution in [3.05, 3.63) is 29.8 Å². The number of guanidine groups is 1. The second kappa shape index (κ2) is 16.4. The van der Waals surface area contributed by atoms with Crippen molar-refractivity contribution in [3.8, 4) is 5.75 Å². The van der Waals surface area contributed by atoms with Gasteiger partial charge in [-0.3, -0.25) is 24.2 Å². The molecular formula is C23H35N7O9. The molecule has 0 saturated heterocycles. The van der Waals surface area contributed by atoms with Crippen LogP contribution in [0, 0.1) is 0 Å². The second-order valence-electron chi connectivity index (χ2n) is 8.56. The Morgan fingerprint density at radius 3 is 1.95 bits per heavy atom. The zero-order valence-electron chi connectivity index (χ0n) is 21.1. The van der Waals surface area contributed by atoms with Crippen LogP contribution in [-0.2, 0) is 30.4 Å². The van der Waals surface area contributed by atoms with E-state index in [1.165, 1.54) is 24.3 Å². The minimum absolute atomic E-state index is 0.0391. The van der Waals surface area contributed by atoms with Gasteiger partial charge >= 0.3 is 11.9 Å². The first-order valence-electron chi connectivity index (χ1n) is 11.9. The Bertz CT molecular complexity index is 1030. The fourth-order valence-corrected chi connectivity index (χ4v) is 3.28. The molecule has 4 unspecified atom stereocenters. The second-order valence-corrected chi connectivity index (χ2v) is 8.56. The lowest BCUT2D eigenvalue weighted by Crippen LogP contribution is -2.58. The van der Waals surface area contributed by atoms with E-state index in [0.717, 1.165) is 0 Å². The van der Waals surface area contributed by atoms with E-state index >= 15 is 0 Å². The summed E-state index contributed by atoms with van der Waals surface area (Å²) in [5.41, 5.74) is 16.5. The molecule has 16 nitrogen and oxygen atoms in total. The van der Waals surface area contributed by atoms with E-state index in [-0.39, 0.29) is 43.9 Å². The number of nitrogens with one attached hydrogen (secondary N) is 3. The van der Waals surface area contributed by atoms with Crippen LogP contribution in [0.4, 0.5) is 0 Å². The van der Waals surface area contributed by atoms with Gasteiger partial charge < -0.3 is 53.6 Å². The van der Waals surface area contributed by atoms with E-state index in [0.29, 0.717) is 5.56 Å². The van der Waals surface area contributed by atoms with Gasteiger partial charge in [0.1, 0.15) is 29.9 Å². The van der Waals surface area contributed by atoms with Gasteiger partial charge in [0.25, 0.3) is 0 Å². The Morgan fingerprint density at radius 2 is 1.41 bits per heavy atom. The first kappa shape index (κ1) is 32.6. The summed E-state index contributed by atoms with van der Waals surface area (Å²) in [7, 11) is 0. The van der Waals surface area contributed by atoms with Crippen molar-refractivity contribution in [3.63, 3.8) is 0 Å². The van der Waals surface area contributed by atoms with Crippen molar-refractivity contribution in [1.82, 2.24) is 16.0 Å². The number of nitrogens with zero attached hydrogens (tertiary/aromatic N) is 1. The summed E-state index contributed by atoms with van der Waals surface area (Å²) in [4.78, 5) is 64.9. The Labute approximate surface area is 223 Å². The molecule has 0 aliphatic rings. The van der Waals surface area contributed by atoms with Gasteiger partial charge in [-0.1, -0.05) is 12.1 Å². The average Bonchev–Trinajstić information content (AvgIpc) is 2.87. The van der Waals surface area contributed by atoms with Gasteiger partial charge in [-0.15, -0.1) is 0 Å². The molecule has 0 bridgehead atoms. The maximum absolute atomic E-state index is 13.2. The smallest absolute Gasteiger partial charge is 0.326 e. The summed E-state index contributed by atoms with van der Waals surface area (Å²) in [5, 5.41) is 44.2. The third kappa shape index (κ3) is 12.6. The van der Waals surface area contributed by atoms with E-state index in [1.807, 2.05) is 0 Å². The first-order chi connectivity index (χ1) is 18.3. The number of carbonyl (C=O) groups is 5. The number of aromatic hydroxyl groups is 1. The van der Waals surface area contributed by atoms with E-state index in [1.54, 1.807) is 0 Å². The molecule has 3 amide bonds. The molecule has 0 spiro atoms. The van der Waals surface area contributed by atoms with Crippen molar-refractivity contribution >= 4 is 35.6 Å². The van der Waals surface area contributed by atoms with Crippen LogP contribution in [0.1, 0.15) is 31.2 Å². The van der Waals surface area contributed by atoms with Gasteiger partial charge in [0, 0.05) is 19.4 Å². The number of hydrogen-bond acceptors (Lipinski definition) is 9. The lowest BCUT2D eigenvalue weighted by atomic mass is 10.0. The van der Waals surface area contributed by atoms with Gasteiger partial charge in [-0.2, -0.15) is 0 Å². The summed E-state index contributed by atoms with van der Waals surface area (Å²) >= 11 is 0. The summed E-state index contributed by atoms with van der Waals surface area (Å²) in [5.74, 6) is -5.58. The number of carbonyl (C=O) groups excluding carboxylic acids is 3. The molecule has 4 atom stereocenters. The minimum atomic E-state index is -1.47. The Morgan fingerprint density at radius 1 is 0.846 bits per heavy atom. The standard InChI is InChI=1S/C23H35N7O9/c24-14(11-31)19(35)30-17(10-12-3-5-13(32)6-4-12)21(37)28-15(7-8-18(33)34)20(36)29-16(22(38)39)2-1-9-27-23(25)26/h3-6,14-17,31-32H,1-2,7-11,24H2,(H,28,37)(H,29,36)(H,30,35)(H,33,34)(H,38,39)(H4,25,26,27). The molecular weight excluding hydrogens is 518 g/mol. The molecule has 0 aliphatic carbocycles. The molecule has 1 aromatic rings. The summed E-state index contributed by atoms with van der Waals surface area (Å²) in [6.07, 6.45) is -0.900. The fraction of sp³-hybridized carbons (Fsp3) is 0.478. The number of benzene rings is 1. The predicted octanol–water partition coefficient (Wildman–Crippen LogP) is -3.29. The van der Waals surface area contributed by atoms with Crippen LogP contribution in [0.2, 0.25) is 0 Å². The zero-order chi connectivity index (χ0) is 29.5. The molecule has 0 fully saturated rings. The van der Waals surface area contributed by atoms with Crippen LogP contribution in [0.25, 0.3) is 0 Å². The summed E-state index contributed by atoms with van der Waals surface area (Å²) in [6.45, 7) is -0.599. The minimum Gasteiger partial charge on any atom is -0.508 e. The number of rotatable bonds is 17. The number of phenols is 1. The molecule has 216 valence electrons. The molecule has 1 rings (SSSR count). The fourth-order valence-electron chi connectivity index (χ4n) is 3.28. The van der Waals surface area contributed by atoms with Crippen molar-refractivity contribution in [2.45, 2.75) is 56.3 Å². The van der Waals surface area contributed by atoms with Crippen molar-refractivity contribution in [1.29, 1.82) is 0 Å². The molecule has 0 saturated carbocycles. The number of amides is 3. The van der Waals surface area contributed by atoms with Crippen LogP contribution in [-0.4, -0.2) is 93.4 Å². The Balaban J connectivity index is 3.09. The van der Waals surface area contributed by atoms with Gasteiger partial charge in [-0.25, -0.2) is 4.79 Å². The quantitative estimate of drug-likeness (QED) is 0.0516. The third-order valence-electron chi connectivity index (χ3n) is 5.38. The van der Waals surface area contributed by atoms with E-state index in [2.05, 4.69) is 20.9 Å². The normalized spacial score (nSPS) is 13.7. The maximum Gasteiger partial charge on any atom is 0.326 e. The molecule has 0 aromatic heterocycles. The molecule has 0 radical (unpaired) electrons. The molecule has 1 aromatic carbocycles. The largest absolute Gasteiger partial charge is 0.508 e. The monoisotopic (exact) mass is 553 g/mol. The van der Waals surface area contributed by atoms with Crippen molar-refractivity contribution in [2.24, 2.45) is 22.2 Å². The van der Waals surface area contributed by atoms with Crippen LogP contribution in [0.5, 0.6) is 5.75 Å². The van der Waals surface area contributed by atoms with E-state index in [4.69, 9.17) is 27.4 Å². The number of carboxylic acid groups (broad SMARTS) is 2. The maximum atomic E-state index is 13.2. The summed E-state index contributed by atoms with van der Waals surface area (Å²) in [6, 6.07) is 0.160. The average molecular weight is 554 g/mol. The first-order valence-corrected chi connectivity index (χ1v) is 11.9. The highest BCUT2D eigenvalue weighted by Gasteiger charge is 2.30. The van der Waals surface area contributed by atoms with Crippen molar-refractivity contribution < 1.29 is 44.4 Å². The summed E-state index contributed by atoms with van der Waals surface area (Å²) < 4.78 is 0. The Hall–Kier alpha value is -4.44. The highest BCUT2D eigenvalue weighted by atomic mass is 16.4. The number of phenolic OH excluding ortho intramolecular Hbond substituents is 1. The van der Waals surface area contributed by atoms with Gasteiger partial charge in [0.2, 0.25) is 17.7 Å². The van der Waals surface area contributed by atoms with Crippen LogP contribution in [0.15, 0.2) is 29.3 Å². The highest BCUT2D eigenvalue weighted by Crippen LogP contribution is 2.12. The van der Waals surface area contributed by atoms with Crippen molar-refractivity contribution in [2.75, 3.05) is 13.2 Å². The van der Waals surface area contributed by atoms with E-state index in [9.17, 15) is 34.2 Å².